The van der Waals surface area contributed by atoms with Crippen molar-refractivity contribution in [1.82, 2.24) is 4.98 Å². The van der Waals surface area contributed by atoms with Crippen molar-refractivity contribution >= 4 is 5.57 Å². The van der Waals surface area contributed by atoms with E-state index in [1.807, 2.05) is 13.1 Å². The van der Waals surface area contributed by atoms with Gasteiger partial charge in [0.1, 0.15) is 5.75 Å². The van der Waals surface area contributed by atoms with Gasteiger partial charge in [0.15, 0.2) is 0 Å². The molecule has 0 bridgehead atoms. The molecule has 92 valence electrons. The van der Waals surface area contributed by atoms with Crippen LogP contribution in [-0.2, 0) is 0 Å². The minimum atomic E-state index is 0.805. The average molecular weight is 231 g/mol. The van der Waals surface area contributed by atoms with Gasteiger partial charge in [0.2, 0.25) is 0 Å². The number of aromatic nitrogens is 1. The number of methoxy groups -OCH3 is 1. The third-order valence-electron chi connectivity index (χ3n) is 3.51. The Bertz CT molecular complexity index is 423. The van der Waals surface area contributed by atoms with E-state index in [1.54, 1.807) is 7.11 Å². The number of pyridine rings is 1. The molecule has 0 radical (unpaired) electrons. The van der Waals surface area contributed by atoms with Crippen LogP contribution in [-0.4, -0.2) is 12.1 Å². The zero-order valence-electron chi connectivity index (χ0n) is 11.0. The van der Waals surface area contributed by atoms with Crippen molar-refractivity contribution < 1.29 is 4.74 Å². The molecule has 0 spiro atoms. The first-order chi connectivity index (χ1) is 8.20. The van der Waals surface area contributed by atoms with Crippen molar-refractivity contribution in [3.05, 3.63) is 29.6 Å². The molecule has 0 aliphatic heterocycles. The summed E-state index contributed by atoms with van der Waals surface area (Å²) in [6.45, 7) is 4.35. The van der Waals surface area contributed by atoms with Crippen LogP contribution in [0.25, 0.3) is 5.57 Å². The lowest BCUT2D eigenvalue weighted by atomic mass is 10.0. The maximum atomic E-state index is 5.36. The van der Waals surface area contributed by atoms with Crippen LogP contribution in [0.15, 0.2) is 18.3 Å². The lowest BCUT2D eigenvalue weighted by Crippen LogP contribution is -1.94. The molecule has 1 aromatic rings. The summed E-state index contributed by atoms with van der Waals surface area (Å²) in [5, 5.41) is 0. The molecular formula is C15H21NO. The van der Waals surface area contributed by atoms with Gasteiger partial charge < -0.3 is 4.74 Å². The van der Waals surface area contributed by atoms with E-state index < -0.39 is 0 Å². The molecule has 1 aromatic heterocycles. The lowest BCUT2D eigenvalue weighted by Gasteiger charge is -2.09. The molecule has 1 aliphatic rings. The normalized spacial score (nSPS) is 20.6. The summed E-state index contributed by atoms with van der Waals surface area (Å²) >= 11 is 0. The van der Waals surface area contributed by atoms with Gasteiger partial charge in [0, 0.05) is 17.8 Å². The molecule has 2 heteroatoms. The van der Waals surface area contributed by atoms with Crippen LogP contribution in [0.1, 0.15) is 43.9 Å². The van der Waals surface area contributed by atoms with Crippen molar-refractivity contribution in [3.63, 3.8) is 0 Å². The molecule has 2 rings (SSSR count). The molecule has 0 amide bonds. The lowest BCUT2D eigenvalue weighted by molar-refractivity contribution is 0.411. The van der Waals surface area contributed by atoms with E-state index in [9.17, 15) is 0 Å². The molecule has 1 unspecified atom stereocenters. The van der Waals surface area contributed by atoms with E-state index in [0.29, 0.717) is 0 Å². The predicted octanol–water partition coefficient (Wildman–Crippen LogP) is 3.99. The fourth-order valence-electron chi connectivity index (χ4n) is 2.34. The topological polar surface area (TPSA) is 22.1 Å². The Balaban J connectivity index is 2.27. The van der Waals surface area contributed by atoms with Crippen LogP contribution in [0.2, 0.25) is 0 Å². The fraction of sp³-hybridized carbons (Fsp3) is 0.533. The second kappa shape index (κ2) is 5.35. The van der Waals surface area contributed by atoms with E-state index >= 15 is 0 Å². The largest absolute Gasteiger partial charge is 0.496 e. The van der Waals surface area contributed by atoms with Gasteiger partial charge in [-0.2, -0.15) is 0 Å². The Kier molecular flexibility index (Phi) is 3.82. The van der Waals surface area contributed by atoms with Crippen molar-refractivity contribution in [3.8, 4) is 5.75 Å². The molecule has 17 heavy (non-hydrogen) atoms. The maximum absolute atomic E-state index is 5.36. The van der Waals surface area contributed by atoms with E-state index in [2.05, 4.69) is 24.1 Å². The van der Waals surface area contributed by atoms with Gasteiger partial charge >= 0.3 is 0 Å². The Morgan fingerprint density at radius 2 is 2.24 bits per heavy atom. The van der Waals surface area contributed by atoms with Gasteiger partial charge in [-0.25, -0.2) is 0 Å². The summed E-state index contributed by atoms with van der Waals surface area (Å²) in [5.41, 5.74) is 3.56. The number of nitrogens with zero attached hydrogens (tertiary/aromatic N) is 1. The molecule has 0 fully saturated rings. The first-order valence-electron chi connectivity index (χ1n) is 6.40. The third kappa shape index (κ3) is 2.87. The van der Waals surface area contributed by atoms with Crippen molar-refractivity contribution in [2.75, 3.05) is 7.11 Å². The molecule has 1 atom stereocenters. The number of ether oxygens (including phenoxy) is 1. The smallest absolute Gasteiger partial charge is 0.125 e. The van der Waals surface area contributed by atoms with Crippen LogP contribution in [0.5, 0.6) is 5.75 Å². The Morgan fingerprint density at radius 3 is 3.00 bits per heavy atom. The van der Waals surface area contributed by atoms with Crippen molar-refractivity contribution in [2.24, 2.45) is 5.92 Å². The van der Waals surface area contributed by atoms with Gasteiger partial charge in [-0.05, 0) is 37.7 Å². The summed E-state index contributed by atoms with van der Waals surface area (Å²) < 4.78 is 5.36. The maximum Gasteiger partial charge on any atom is 0.125 e. The Labute approximate surface area is 104 Å². The minimum absolute atomic E-state index is 0.805. The summed E-state index contributed by atoms with van der Waals surface area (Å²) in [5.74, 6) is 1.74. The zero-order valence-corrected chi connectivity index (χ0v) is 11.0. The van der Waals surface area contributed by atoms with Crippen LogP contribution in [0, 0.1) is 12.8 Å². The Morgan fingerprint density at radius 1 is 1.41 bits per heavy atom. The van der Waals surface area contributed by atoms with Crippen LogP contribution in [0.4, 0.5) is 0 Å². The van der Waals surface area contributed by atoms with E-state index in [-0.39, 0.29) is 0 Å². The highest BCUT2D eigenvalue weighted by Gasteiger charge is 2.12. The van der Waals surface area contributed by atoms with Gasteiger partial charge in [0.25, 0.3) is 0 Å². The summed E-state index contributed by atoms with van der Waals surface area (Å²) in [6.07, 6.45) is 9.17. The first-order valence-corrected chi connectivity index (χ1v) is 6.40. The predicted molar refractivity (Wildman–Crippen MR) is 71.1 cm³/mol. The standard InChI is InChI=1S/C15H21NO/c1-11-5-4-6-13(8-7-11)14-9-15(17-3)12(2)10-16-14/h8-11H,4-7H2,1-3H3. The highest BCUT2D eigenvalue weighted by molar-refractivity contribution is 5.64. The summed E-state index contributed by atoms with van der Waals surface area (Å²) in [7, 11) is 1.72. The van der Waals surface area contributed by atoms with E-state index in [0.717, 1.165) is 29.3 Å². The number of allylic oxidation sites excluding steroid dienone is 2. The monoisotopic (exact) mass is 231 g/mol. The minimum Gasteiger partial charge on any atom is -0.496 e. The Hall–Kier alpha value is -1.31. The molecule has 0 aromatic carbocycles. The molecule has 2 nitrogen and oxygen atoms in total. The van der Waals surface area contributed by atoms with Crippen LogP contribution >= 0.6 is 0 Å². The van der Waals surface area contributed by atoms with Crippen LogP contribution < -0.4 is 4.74 Å². The van der Waals surface area contributed by atoms with Crippen molar-refractivity contribution in [1.29, 1.82) is 0 Å². The first kappa shape index (κ1) is 12.2. The van der Waals surface area contributed by atoms with Crippen molar-refractivity contribution in [2.45, 2.75) is 39.5 Å². The molecule has 0 saturated heterocycles. The second-order valence-corrected chi connectivity index (χ2v) is 5.00. The second-order valence-electron chi connectivity index (χ2n) is 5.00. The van der Waals surface area contributed by atoms with E-state index in [4.69, 9.17) is 4.74 Å². The van der Waals surface area contributed by atoms with Gasteiger partial charge in [-0.15, -0.1) is 0 Å². The van der Waals surface area contributed by atoms with Gasteiger partial charge in [-0.1, -0.05) is 19.4 Å². The quantitative estimate of drug-likeness (QED) is 0.767. The number of hydrogen-bond acceptors (Lipinski definition) is 2. The highest BCUT2D eigenvalue weighted by Crippen LogP contribution is 2.29. The van der Waals surface area contributed by atoms with Gasteiger partial charge in [0.05, 0.1) is 12.8 Å². The molecule has 1 aliphatic carbocycles. The number of aryl methyl sites for hydroxylation is 1. The average Bonchev–Trinajstić information content (AvgIpc) is 2.55. The third-order valence-corrected chi connectivity index (χ3v) is 3.51. The SMILES string of the molecule is COc1cc(C2=CCC(C)CCC2)ncc1C. The number of rotatable bonds is 2. The van der Waals surface area contributed by atoms with Gasteiger partial charge in [-0.3, -0.25) is 4.98 Å². The van der Waals surface area contributed by atoms with Crippen LogP contribution in [0.3, 0.4) is 0 Å². The molecule has 1 heterocycles. The highest BCUT2D eigenvalue weighted by atomic mass is 16.5. The fourth-order valence-corrected chi connectivity index (χ4v) is 2.34. The molecule has 0 N–H and O–H groups in total. The summed E-state index contributed by atoms with van der Waals surface area (Å²) in [6, 6.07) is 2.07. The summed E-state index contributed by atoms with van der Waals surface area (Å²) in [4.78, 5) is 4.53. The molecule has 0 saturated carbocycles. The van der Waals surface area contributed by atoms with E-state index in [1.165, 1.54) is 24.8 Å². The number of hydrogen-bond donors (Lipinski definition) is 0. The zero-order chi connectivity index (χ0) is 12.3. The molecular weight excluding hydrogens is 210 g/mol.